The Bertz CT molecular complexity index is 350. The first-order chi connectivity index (χ1) is 9.07. The van der Waals surface area contributed by atoms with Gasteiger partial charge in [-0.1, -0.05) is 31.4 Å². The summed E-state index contributed by atoms with van der Waals surface area (Å²) in [6.07, 6.45) is 11.4. The van der Waals surface area contributed by atoms with Crippen LogP contribution in [0, 0.1) is 17.3 Å². The molecule has 0 radical (unpaired) electrons. The quantitative estimate of drug-likeness (QED) is 0.552. The molecule has 0 unspecified atom stereocenters. The Kier molecular flexibility index (Phi) is 4.70. The minimum Gasteiger partial charge on any atom is -0.466 e. The number of hydrogen-bond donors (Lipinski definition) is 0. The molecule has 2 rings (SSSR count). The molecule has 1 saturated carbocycles. The third-order valence-electron chi connectivity index (χ3n) is 5.37. The van der Waals surface area contributed by atoms with Crippen molar-refractivity contribution in [3.05, 3.63) is 11.6 Å². The molecule has 0 aliphatic heterocycles. The first-order valence-corrected chi connectivity index (χ1v) is 7.92. The predicted octanol–water partition coefficient (Wildman–Crippen LogP) is 4.49. The smallest absolute Gasteiger partial charge is 0.312 e. The summed E-state index contributed by atoms with van der Waals surface area (Å²) < 4.78 is 5.12. The Hall–Kier alpha value is -0.790. The largest absolute Gasteiger partial charge is 0.466 e. The highest BCUT2D eigenvalue weighted by Gasteiger charge is 2.37. The van der Waals surface area contributed by atoms with Crippen molar-refractivity contribution in [3.63, 3.8) is 0 Å². The summed E-state index contributed by atoms with van der Waals surface area (Å²) >= 11 is 0. The normalized spacial score (nSPS) is 27.7. The summed E-state index contributed by atoms with van der Waals surface area (Å²) in [7, 11) is 0. The lowest BCUT2D eigenvalue weighted by Gasteiger charge is -2.37. The third-order valence-corrected chi connectivity index (χ3v) is 5.37. The highest BCUT2D eigenvalue weighted by Crippen LogP contribution is 2.49. The van der Waals surface area contributed by atoms with Crippen LogP contribution in [0.3, 0.4) is 0 Å². The molecule has 19 heavy (non-hydrogen) atoms. The molecule has 0 spiro atoms. The fourth-order valence-corrected chi connectivity index (χ4v) is 3.89. The number of carbonyl (C=O) groups is 1. The molecule has 1 fully saturated rings. The standard InChI is InChI=1S/C17H28O2/c1-4-19-16(18)13(2)14-7-9-15(10-8-14)17(3)11-5-6-12-17/h7,13,15H,4-6,8-12H2,1-3H3/t13-,15-/m1/s1. The molecule has 2 aliphatic rings. The lowest BCUT2D eigenvalue weighted by molar-refractivity contribution is -0.146. The molecule has 2 heteroatoms. The maximum absolute atomic E-state index is 11.8. The Morgan fingerprint density at radius 2 is 2.16 bits per heavy atom. The fraction of sp³-hybridized carbons (Fsp3) is 0.824. The van der Waals surface area contributed by atoms with E-state index in [0.29, 0.717) is 12.0 Å². The van der Waals surface area contributed by atoms with Crippen molar-refractivity contribution in [1.29, 1.82) is 0 Å². The number of carbonyl (C=O) groups excluding carboxylic acids is 1. The second-order valence-electron chi connectivity index (χ2n) is 6.59. The van der Waals surface area contributed by atoms with Gasteiger partial charge in [0.05, 0.1) is 12.5 Å². The molecular formula is C17H28O2. The molecule has 0 heterocycles. The van der Waals surface area contributed by atoms with Crippen LogP contribution in [0.4, 0.5) is 0 Å². The average Bonchev–Trinajstić information content (AvgIpc) is 2.86. The van der Waals surface area contributed by atoms with Crippen LogP contribution in [0.2, 0.25) is 0 Å². The number of rotatable bonds is 4. The van der Waals surface area contributed by atoms with Crippen molar-refractivity contribution in [3.8, 4) is 0 Å². The van der Waals surface area contributed by atoms with Crippen LogP contribution in [0.25, 0.3) is 0 Å². The van der Waals surface area contributed by atoms with Crippen LogP contribution in [0.5, 0.6) is 0 Å². The van der Waals surface area contributed by atoms with E-state index in [1.54, 1.807) is 0 Å². The van der Waals surface area contributed by atoms with Crippen molar-refractivity contribution in [2.45, 2.75) is 65.7 Å². The Labute approximate surface area is 117 Å². The van der Waals surface area contributed by atoms with Crippen molar-refractivity contribution in [2.24, 2.45) is 17.3 Å². The molecule has 0 aromatic rings. The van der Waals surface area contributed by atoms with Crippen LogP contribution < -0.4 is 0 Å². The fourth-order valence-electron chi connectivity index (χ4n) is 3.89. The van der Waals surface area contributed by atoms with Gasteiger partial charge < -0.3 is 4.74 Å². The second kappa shape index (κ2) is 6.11. The van der Waals surface area contributed by atoms with Crippen LogP contribution in [-0.2, 0) is 9.53 Å². The van der Waals surface area contributed by atoms with Crippen LogP contribution in [0.15, 0.2) is 11.6 Å². The van der Waals surface area contributed by atoms with Gasteiger partial charge in [0.2, 0.25) is 0 Å². The van der Waals surface area contributed by atoms with E-state index >= 15 is 0 Å². The van der Waals surface area contributed by atoms with Crippen LogP contribution >= 0.6 is 0 Å². The van der Waals surface area contributed by atoms with Gasteiger partial charge in [-0.25, -0.2) is 0 Å². The monoisotopic (exact) mass is 264 g/mol. The summed E-state index contributed by atoms with van der Waals surface area (Å²) in [4.78, 5) is 11.8. The van der Waals surface area contributed by atoms with Gasteiger partial charge in [-0.3, -0.25) is 4.79 Å². The molecule has 2 aliphatic carbocycles. The zero-order valence-electron chi connectivity index (χ0n) is 12.7. The lowest BCUT2D eigenvalue weighted by atomic mass is 9.68. The Morgan fingerprint density at radius 1 is 1.47 bits per heavy atom. The Morgan fingerprint density at radius 3 is 2.68 bits per heavy atom. The number of allylic oxidation sites excluding steroid dienone is 1. The summed E-state index contributed by atoms with van der Waals surface area (Å²) in [5.74, 6) is 0.727. The maximum atomic E-state index is 11.8. The average molecular weight is 264 g/mol. The molecule has 0 N–H and O–H groups in total. The number of ether oxygens (including phenoxy) is 1. The van der Waals surface area contributed by atoms with Crippen molar-refractivity contribution in [2.75, 3.05) is 6.61 Å². The van der Waals surface area contributed by atoms with Gasteiger partial charge in [0.25, 0.3) is 0 Å². The van der Waals surface area contributed by atoms with Crippen LogP contribution in [0.1, 0.15) is 65.7 Å². The van der Waals surface area contributed by atoms with Crippen molar-refractivity contribution < 1.29 is 9.53 Å². The van der Waals surface area contributed by atoms with E-state index in [1.807, 2.05) is 13.8 Å². The zero-order chi connectivity index (χ0) is 13.9. The lowest BCUT2D eigenvalue weighted by Crippen LogP contribution is -2.27. The Balaban J connectivity index is 1.94. The molecule has 2 atom stereocenters. The van der Waals surface area contributed by atoms with Crippen LogP contribution in [-0.4, -0.2) is 12.6 Å². The predicted molar refractivity (Wildman–Crippen MR) is 77.8 cm³/mol. The van der Waals surface area contributed by atoms with Gasteiger partial charge >= 0.3 is 5.97 Å². The van der Waals surface area contributed by atoms with Crippen molar-refractivity contribution >= 4 is 5.97 Å². The highest BCUT2D eigenvalue weighted by molar-refractivity contribution is 5.75. The minimum atomic E-state index is -0.0562. The zero-order valence-corrected chi connectivity index (χ0v) is 12.7. The first kappa shape index (κ1) is 14.6. The molecule has 108 valence electrons. The number of hydrogen-bond acceptors (Lipinski definition) is 2. The molecule has 0 saturated heterocycles. The summed E-state index contributed by atoms with van der Waals surface area (Å²) in [5.41, 5.74) is 1.87. The maximum Gasteiger partial charge on any atom is 0.312 e. The van der Waals surface area contributed by atoms with E-state index in [1.165, 1.54) is 37.7 Å². The van der Waals surface area contributed by atoms with Gasteiger partial charge in [0.15, 0.2) is 0 Å². The summed E-state index contributed by atoms with van der Waals surface area (Å²) in [5, 5.41) is 0. The minimum absolute atomic E-state index is 0.0442. The van der Waals surface area contributed by atoms with Gasteiger partial charge in [0.1, 0.15) is 0 Å². The molecule has 2 nitrogen and oxygen atoms in total. The van der Waals surface area contributed by atoms with E-state index in [2.05, 4.69) is 13.0 Å². The van der Waals surface area contributed by atoms with E-state index in [0.717, 1.165) is 18.8 Å². The summed E-state index contributed by atoms with van der Waals surface area (Å²) in [6.45, 7) is 6.81. The van der Waals surface area contributed by atoms with Gasteiger partial charge in [-0.2, -0.15) is 0 Å². The molecule has 0 aromatic carbocycles. The van der Waals surface area contributed by atoms with E-state index < -0.39 is 0 Å². The molecular weight excluding hydrogens is 236 g/mol. The number of esters is 1. The van der Waals surface area contributed by atoms with E-state index in [4.69, 9.17) is 4.74 Å². The van der Waals surface area contributed by atoms with E-state index in [-0.39, 0.29) is 11.9 Å². The first-order valence-electron chi connectivity index (χ1n) is 7.92. The topological polar surface area (TPSA) is 26.3 Å². The van der Waals surface area contributed by atoms with Gasteiger partial charge in [0, 0.05) is 0 Å². The molecule has 0 aromatic heterocycles. The molecule has 0 amide bonds. The third kappa shape index (κ3) is 3.21. The summed E-state index contributed by atoms with van der Waals surface area (Å²) in [6, 6.07) is 0. The van der Waals surface area contributed by atoms with Gasteiger partial charge in [-0.15, -0.1) is 0 Å². The van der Waals surface area contributed by atoms with Gasteiger partial charge in [-0.05, 0) is 57.3 Å². The SMILES string of the molecule is CCOC(=O)[C@H](C)C1=CC[C@@H](C2(C)CCCC2)CC1. The van der Waals surface area contributed by atoms with Crippen molar-refractivity contribution in [1.82, 2.24) is 0 Å². The highest BCUT2D eigenvalue weighted by atomic mass is 16.5. The second-order valence-corrected chi connectivity index (χ2v) is 6.59. The molecule has 0 bridgehead atoms. The van der Waals surface area contributed by atoms with E-state index in [9.17, 15) is 4.79 Å².